The van der Waals surface area contributed by atoms with Crippen molar-refractivity contribution >= 4 is 57.3 Å². The molecule has 0 unspecified atom stereocenters. The zero-order valence-electron chi connectivity index (χ0n) is 13.8. The highest BCUT2D eigenvalue weighted by Gasteiger charge is 2.15. The van der Waals surface area contributed by atoms with Crippen molar-refractivity contribution in [1.29, 1.82) is 0 Å². The fourth-order valence-corrected chi connectivity index (χ4v) is 3.72. The molecule has 2 aromatic rings. The van der Waals surface area contributed by atoms with Crippen molar-refractivity contribution in [2.24, 2.45) is 0 Å². The van der Waals surface area contributed by atoms with Gasteiger partial charge in [-0.1, -0.05) is 46.8 Å². The Bertz CT molecular complexity index is 740. The van der Waals surface area contributed by atoms with Gasteiger partial charge < -0.3 is 15.5 Å². The third kappa shape index (κ3) is 6.18. The summed E-state index contributed by atoms with van der Waals surface area (Å²) >= 11 is 8.69. The van der Waals surface area contributed by atoms with Crippen LogP contribution in [0, 0.1) is 0 Å². The van der Waals surface area contributed by atoms with Gasteiger partial charge >= 0.3 is 0 Å². The number of hydrogen-bond acceptors (Lipinski definition) is 7. The summed E-state index contributed by atoms with van der Waals surface area (Å²) in [5.74, 6) is -0.282. The lowest BCUT2D eigenvalue weighted by Gasteiger charge is -2.16. The second-order valence-corrected chi connectivity index (χ2v) is 7.58. The van der Waals surface area contributed by atoms with E-state index in [-0.39, 0.29) is 24.1 Å². The number of aromatic nitrogens is 2. The zero-order valence-corrected chi connectivity index (χ0v) is 16.2. The Kier molecular flexibility index (Phi) is 7.48. The maximum absolute atomic E-state index is 12.1. The van der Waals surface area contributed by atoms with Crippen LogP contribution in [0.5, 0.6) is 0 Å². The summed E-state index contributed by atoms with van der Waals surface area (Å²) in [6.07, 6.45) is 0. The maximum Gasteiger partial charge on any atom is 0.244 e. The molecule has 0 saturated carbocycles. The Hall–Kier alpha value is -1.84. The summed E-state index contributed by atoms with van der Waals surface area (Å²) in [5.41, 5.74) is 0.522. The molecule has 0 spiro atoms. The van der Waals surface area contributed by atoms with Crippen LogP contribution in [0.15, 0.2) is 28.6 Å². The lowest BCUT2D eigenvalue weighted by atomic mass is 10.3. The van der Waals surface area contributed by atoms with E-state index in [4.69, 9.17) is 11.6 Å². The van der Waals surface area contributed by atoms with E-state index in [0.29, 0.717) is 15.0 Å². The van der Waals surface area contributed by atoms with Gasteiger partial charge in [0.05, 0.1) is 23.0 Å². The number of carbonyl (C=O) groups excluding carboxylic acids is 2. The maximum atomic E-state index is 12.1. The van der Waals surface area contributed by atoms with Crippen LogP contribution in [-0.2, 0) is 9.59 Å². The average molecular weight is 400 g/mol. The number of nitrogens with one attached hydrogen (secondary N) is 2. The van der Waals surface area contributed by atoms with Crippen LogP contribution in [0.4, 0.5) is 10.8 Å². The van der Waals surface area contributed by atoms with Gasteiger partial charge in [0, 0.05) is 13.6 Å². The molecule has 0 aliphatic carbocycles. The molecule has 10 heteroatoms. The molecule has 7 nitrogen and oxygen atoms in total. The fourth-order valence-electron chi connectivity index (χ4n) is 1.78. The molecule has 0 bridgehead atoms. The molecule has 2 rings (SSSR count). The van der Waals surface area contributed by atoms with Gasteiger partial charge in [-0.15, -0.1) is 10.2 Å². The number of thioether (sulfide) groups is 1. The third-order valence-electron chi connectivity index (χ3n) is 3.01. The summed E-state index contributed by atoms with van der Waals surface area (Å²) in [5, 5.41) is 14.9. The summed E-state index contributed by atoms with van der Waals surface area (Å²) in [6, 6.07) is 6.94. The molecule has 2 N–H and O–H groups in total. The van der Waals surface area contributed by atoms with Crippen LogP contribution in [0.2, 0.25) is 5.02 Å². The van der Waals surface area contributed by atoms with Crippen LogP contribution in [-0.4, -0.2) is 52.8 Å². The monoisotopic (exact) mass is 399 g/mol. The zero-order chi connectivity index (χ0) is 18.2. The molecule has 25 heavy (non-hydrogen) atoms. The van der Waals surface area contributed by atoms with E-state index in [2.05, 4.69) is 20.8 Å². The van der Waals surface area contributed by atoms with Gasteiger partial charge in [0.15, 0.2) is 4.34 Å². The van der Waals surface area contributed by atoms with Crippen LogP contribution >= 0.6 is 34.7 Å². The highest BCUT2D eigenvalue weighted by Crippen LogP contribution is 2.25. The predicted octanol–water partition coefficient (Wildman–Crippen LogP) is 2.81. The van der Waals surface area contributed by atoms with Gasteiger partial charge in [0.2, 0.25) is 16.9 Å². The largest absolute Gasteiger partial charge is 0.360 e. The first kappa shape index (κ1) is 19.5. The van der Waals surface area contributed by atoms with Crippen LogP contribution < -0.4 is 10.6 Å². The summed E-state index contributed by atoms with van der Waals surface area (Å²) < 4.78 is 0.707. The van der Waals surface area contributed by atoms with Crippen LogP contribution in [0.1, 0.15) is 6.92 Å². The van der Waals surface area contributed by atoms with Gasteiger partial charge in [-0.25, -0.2) is 0 Å². The van der Waals surface area contributed by atoms with Crippen molar-refractivity contribution in [2.75, 3.05) is 36.5 Å². The normalized spacial score (nSPS) is 10.4. The van der Waals surface area contributed by atoms with E-state index in [0.717, 1.165) is 11.7 Å². The average Bonchev–Trinajstić information content (AvgIpc) is 3.02. The number of anilines is 2. The van der Waals surface area contributed by atoms with Crippen molar-refractivity contribution in [3.63, 3.8) is 0 Å². The third-order valence-corrected chi connectivity index (χ3v) is 5.34. The van der Waals surface area contributed by atoms with E-state index in [9.17, 15) is 9.59 Å². The smallest absolute Gasteiger partial charge is 0.244 e. The molecular weight excluding hydrogens is 382 g/mol. The number of halogens is 1. The van der Waals surface area contributed by atoms with E-state index in [1.165, 1.54) is 28.0 Å². The standard InChI is InChI=1S/C15H18ClN5O2S2/c1-3-17-14-19-20-15(25-14)24-9-13(23)21(2)8-12(22)18-11-7-5-4-6-10(11)16/h4-7H,3,8-9H2,1-2H3,(H,17,19)(H,18,22). The van der Waals surface area contributed by atoms with Gasteiger partial charge in [-0.3, -0.25) is 9.59 Å². The minimum absolute atomic E-state index is 0.0522. The van der Waals surface area contributed by atoms with Crippen molar-refractivity contribution in [2.45, 2.75) is 11.3 Å². The van der Waals surface area contributed by atoms with Crippen molar-refractivity contribution in [3.8, 4) is 0 Å². The Morgan fingerprint density at radius 2 is 2.08 bits per heavy atom. The van der Waals surface area contributed by atoms with Gasteiger partial charge in [0.25, 0.3) is 0 Å². The molecule has 1 aromatic carbocycles. The van der Waals surface area contributed by atoms with E-state index in [1.54, 1.807) is 31.3 Å². The molecule has 0 fully saturated rings. The highest BCUT2D eigenvalue weighted by molar-refractivity contribution is 8.01. The first-order chi connectivity index (χ1) is 12.0. The van der Waals surface area contributed by atoms with Crippen LogP contribution in [0.3, 0.4) is 0 Å². The second kappa shape index (κ2) is 9.59. The number of para-hydroxylation sites is 1. The number of carbonyl (C=O) groups is 2. The molecule has 0 atom stereocenters. The number of hydrogen-bond donors (Lipinski definition) is 2. The lowest BCUT2D eigenvalue weighted by Crippen LogP contribution is -2.36. The minimum Gasteiger partial charge on any atom is -0.360 e. The number of rotatable bonds is 8. The Labute approximate surface area is 159 Å². The van der Waals surface area contributed by atoms with Gasteiger partial charge in [0.1, 0.15) is 0 Å². The van der Waals surface area contributed by atoms with Crippen LogP contribution in [0.25, 0.3) is 0 Å². The van der Waals surface area contributed by atoms with Crippen molar-refractivity contribution < 1.29 is 9.59 Å². The van der Waals surface area contributed by atoms with Gasteiger partial charge in [-0.05, 0) is 19.1 Å². The Morgan fingerprint density at radius 3 is 2.80 bits per heavy atom. The first-order valence-corrected chi connectivity index (χ1v) is 9.66. The summed E-state index contributed by atoms with van der Waals surface area (Å²) in [4.78, 5) is 25.5. The molecule has 0 aliphatic rings. The molecule has 0 saturated heterocycles. The van der Waals surface area contributed by atoms with E-state index < -0.39 is 0 Å². The molecule has 134 valence electrons. The summed E-state index contributed by atoms with van der Waals surface area (Å²) in [6.45, 7) is 2.69. The minimum atomic E-state index is -0.306. The summed E-state index contributed by atoms with van der Waals surface area (Å²) in [7, 11) is 1.58. The SMILES string of the molecule is CCNc1nnc(SCC(=O)N(C)CC(=O)Nc2ccccc2Cl)s1. The number of benzene rings is 1. The highest BCUT2D eigenvalue weighted by atomic mass is 35.5. The van der Waals surface area contributed by atoms with Crippen molar-refractivity contribution in [3.05, 3.63) is 29.3 Å². The molecule has 2 amide bonds. The number of nitrogens with zero attached hydrogens (tertiary/aromatic N) is 3. The van der Waals surface area contributed by atoms with E-state index >= 15 is 0 Å². The molecule has 0 radical (unpaired) electrons. The number of amides is 2. The first-order valence-electron chi connectivity index (χ1n) is 7.48. The van der Waals surface area contributed by atoms with E-state index in [1.807, 2.05) is 6.92 Å². The fraction of sp³-hybridized carbons (Fsp3) is 0.333. The Morgan fingerprint density at radius 1 is 1.32 bits per heavy atom. The topological polar surface area (TPSA) is 87.2 Å². The molecule has 0 aliphatic heterocycles. The second-order valence-electron chi connectivity index (χ2n) is 4.97. The Balaban J connectivity index is 1.79. The van der Waals surface area contributed by atoms with Crippen molar-refractivity contribution in [1.82, 2.24) is 15.1 Å². The quantitative estimate of drug-likeness (QED) is 0.663. The molecule has 1 heterocycles. The molecular formula is C15H18ClN5O2S2. The molecule has 1 aromatic heterocycles. The lowest BCUT2D eigenvalue weighted by molar-refractivity contribution is -0.131. The number of likely N-dealkylation sites (N-methyl/N-ethyl adjacent to an activating group) is 1. The van der Waals surface area contributed by atoms with Gasteiger partial charge in [-0.2, -0.15) is 0 Å². The predicted molar refractivity (Wildman–Crippen MR) is 103 cm³/mol.